The summed E-state index contributed by atoms with van der Waals surface area (Å²) in [5, 5.41) is 12.0. The molecule has 0 radical (unpaired) electrons. The van der Waals surface area contributed by atoms with E-state index in [0.29, 0.717) is 13.0 Å². The average Bonchev–Trinajstić information content (AvgIpc) is 3.02. The van der Waals surface area contributed by atoms with Crippen LogP contribution in [-0.2, 0) is 9.59 Å². The Morgan fingerprint density at radius 2 is 2.00 bits per heavy atom. The molecule has 0 spiro atoms. The van der Waals surface area contributed by atoms with E-state index >= 15 is 0 Å². The van der Waals surface area contributed by atoms with Crippen molar-refractivity contribution in [3.63, 3.8) is 0 Å². The summed E-state index contributed by atoms with van der Waals surface area (Å²) in [5.74, 6) is -1.47. The molecule has 1 aliphatic carbocycles. The number of carboxylic acids is 1. The highest BCUT2D eigenvalue weighted by Gasteiger charge is 2.49. The summed E-state index contributed by atoms with van der Waals surface area (Å²) in [4.78, 5) is 24.3. The Morgan fingerprint density at radius 3 is 2.67 bits per heavy atom. The van der Waals surface area contributed by atoms with Gasteiger partial charge in [-0.2, -0.15) is 0 Å². The van der Waals surface area contributed by atoms with E-state index in [9.17, 15) is 9.59 Å². The number of carbonyl (C=O) groups is 2. The SMILES string of the molecule is O=C(O)[C@H]1C[C@H]1C(=O)N1CCCNCC1. The van der Waals surface area contributed by atoms with Gasteiger partial charge in [0.2, 0.25) is 5.91 Å². The van der Waals surface area contributed by atoms with Gasteiger partial charge >= 0.3 is 5.97 Å². The summed E-state index contributed by atoms with van der Waals surface area (Å²) in [7, 11) is 0. The molecule has 1 amide bonds. The number of aliphatic carboxylic acids is 1. The normalized spacial score (nSPS) is 30.8. The Hall–Kier alpha value is -1.10. The summed E-state index contributed by atoms with van der Waals surface area (Å²) in [6.07, 6.45) is 1.48. The van der Waals surface area contributed by atoms with Gasteiger partial charge in [0.15, 0.2) is 0 Å². The quantitative estimate of drug-likeness (QED) is 0.649. The first-order chi connectivity index (χ1) is 7.20. The predicted molar refractivity (Wildman–Crippen MR) is 53.3 cm³/mol. The van der Waals surface area contributed by atoms with Crippen molar-refractivity contribution in [2.45, 2.75) is 12.8 Å². The van der Waals surface area contributed by atoms with E-state index in [1.165, 1.54) is 0 Å². The lowest BCUT2D eigenvalue weighted by molar-refractivity contribution is -0.141. The zero-order valence-electron chi connectivity index (χ0n) is 8.61. The first-order valence-electron chi connectivity index (χ1n) is 5.42. The van der Waals surface area contributed by atoms with Crippen molar-refractivity contribution >= 4 is 11.9 Å². The molecule has 84 valence electrons. The van der Waals surface area contributed by atoms with Gasteiger partial charge < -0.3 is 15.3 Å². The van der Waals surface area contributed by atoms with Crippen LogP contribution in [0.4, 0.5) is 0 Å². The van der Waals surface area contributed by atoms with E-state index < -0.39 is 11.9 Å². The molecule has 5 nitrogen and oxygen atoms in total. The Bertz CT molecular complexity index is 272. The number of carbonyl (C=O) groups excluding carboxylic acids is 1. The van der Waals surface area contributed by atoms with Gasteiger partial charge in [-0.05, 0) is 19.4 Å². The van der Waals surface area contributed by atoms with Crippen molar-refractivity contribution in [3.05, 3.63) is 0 Å². The van der Waals surface area contributed by atoms with Crippen LogP contribution in [0.25, 0.3) is 0 Å². The fourth-order valence-corrected chi connectivity index (χ4v) is 2.04. The number of carboxylic acid groups (broad SMARTS) is 1. The number of hydrogen-bond donors (Lipinski definition) is 2. The largest absolute Gasteiger partial charge is 0.481 e. The third-order valence-corrected chi connectivity index (χ3v) is 3.08. The minimum atomic E-state index is -0.832. The molecule has 0 aromatic rings. The van der Waals surface area contributed by atoms with Gasteiger partial charge in [0.05, 0.1) is 11.8 Å². The molecule has 1 saturated carbocycles. The molecule has 2 atom stereocenters. The lowest BCUT2D eigenvalue weighted by atomic mass is 10.2. The maximum Gasteiger partial charge on any atom is 0.307 e. The molecule has 1 aliphatic heterocycles. The van der Waals surface area contributed by atoms with Gasteiger partial charge in [-0.25, -0.2) is 0 Å². The fraction of sp³-hybridized carbons (Fsp3) is 0.800. The van der Waals surface area contributed by atoms with Crippen LogP contribution in [0.15, 0.2) is 0 Å². The second-order valence-corrected chi connectivity index (χ2v) is 4.22. The highest BCUT2D eigenvalue weighted by molar-refractivity contribution is 5.89. The van der Waals surface area contributed by atoms with Crippen LogP contribution in [-0.4, -0.2) is 48.1 Å². The molecule has 0 bridgehead atoms. The van der Waals surface area contributed by atoms with Crippen LogP contribution < -0.4 is 5.32 Å². The summed E-state index contributed by atoms with van der Waals surface area (Å²) < 4.78 is 0. The van der Waals surface area contributed by atoms with Crippen LogP contribution in [0.3, 0.4) is 0 Å². The highest BCUT2D eigenvalue weighted by Crippen LogP contribution is 2.40. The second kappa shape index (κ2) is 4.18. The molecule has 0 unspecified atom stereocenters. The molecule has 5 heteroatoms. The summed E-state index contributed by atoms with van der Waals surface area (Å²) in [5.41, 5.74) is 0. The van der Waals surface area contributed by atoms with Crippen molar-refractivity contribution < 1.29 is 14.7 Å². The Labute approximate surface area is 88.4 Å². The van der Waals surface area contributed by atoms with Crippen LogP contribution >= 0.6 is 0 Å². The number of hydrogen-bond acceptors (Lipinski definition) is 3. The molecule has 2 fully saturated rings. The molecule has 15 heavy (non-hydrogen) atoms. The monoisotopic (exact) mass is 212 g/mol. The van der Waals surface area contributed by atoms with Crippen molar-refractivity contribution in [1.82, 2.24) is 10.2 Å². The van der Waals surface area contributed by atoms with Crippen molar-refractivity contribution in [3.8, 4) is 0 Å². The number of nitrogens with one attached hydrogen (secondary N) is 1. The van der Waals surface area contributed by atoms with Crippen molar-refractivity contribution in [2.24, 2.45) is 11.8 Å². The molecular formula is C10H16N2O3. The van der Waals surface area contributed by atoms with Gasteiger partial charge in [0, 0.05) is 19.6 Å². The number of amides is 1. The van der Waals surface area contributed by atoms with Crippen molar-refractivity contribution in [1.29, 1.82) is 0 Å². The minimum absolute atomic E-state index is 0.0334. The van der Waals surface area contributed by atoms with E-state index in [0.717, 1.165) is 26.1 Å². The molecule has 0 aromatic heterocycles. The maximum absolute atomic E-state index is 11.9. The van der Waals surface area contributed by atoms with E-state index in [2.05, 4.69) is 5.32 Å². The van der Waals surface area contributed by atoms with Crippen LogP contribution in [0.5, 0.6) is 0 Å². The summed E-state index contributed by atoms with van der Waals surface area (Å²) in [6.45, 7) is 3.23. The molecule has 2 N–H and O–H groups in total. The Morgan fingerprint density at radius 1 is 1.20 bits per heavy atom. The Kier molecular flexibility index (Phi) is 2.90. The third kappa shape index (κ3) is 2.28. The lowest BCUT2D eigenvalue weighted by Gasteiger charge is -2.19. The predicted octanol–water partition coefficient (Wildman–Crippen LogP) is -0.471. The fourth-order valence-electron chi connectivity index (χ4n) is 2.04. The Balaban J connectivity index is 1.88. The van der Waals surface area contributed by atoms with E-state index in [1.54, 1.807) is 4.90 Å². The molecule has 2 rings (SSSR count). The number of nitrogens with zero attached hydrogens (tertiary/aromatic N) is 1. The van der Waals surface area contributed by atoms with Gasteiger partial charge in [-0.3, -0.25) is 9.59 Å². The van der Waals surface area contributed by atoms with Crippen molar-refractivity contribution in [2.75, 3.05) is 26.2 Å². The van der Waals surface area contributed by atoms with Gasteiger partial charge in [-0.15, -0.1) is 0 Å². The van der Waals surface area contributed by atoms with E-state index in [1.807, 2.05) is 0 Å². The lowest BCUT2D eigenvalue weighted by Crippen LogP contribution is -2.35. The molecule has 0 aromatic carbocycles. The second-order valence-electron chi connectivity index (χ2n) is 4.22. The highest BCUT2D eigenvalue weighted by atomic mass is 16.4. The number of rotatable bonds is 2. The standard InChI is InChI=1S/C10H16N2O3/c13-9(7-6-8(7)10(14)15)12-4-1-2-11-3-5-12/h7-8,11H,1-6H2,(H,14,15)/t7-,8+/m1/s1. The summed E-state index contributed by atoms with van der Waals surface area (Å²) >= 11 is 0. The van der Waals surface area contributed by atoms with Gasteiger partial charge in [0.25, 0.3) is 0 Å². The molecule has 1 saturated heterocycles. The minimum Gasteiger partial charge on any atom is -0.481 e. The first-order valence-corrected chi connectivity index (χ1v) is 5.42. The zero-order chi connectivity index (χ0) is 10.8. The molecule has 1 heterocycles. The van der Waals surface area contributed by atoms with E-state index in [-0.39, 0.29) is 11.8 Å². The van der Waals surface area contributed by atoms with E-state index in [4.69, 9.17) is 5.11 Å². The van der Waals surface area contributed by atoms with Crippen LogP contribution in [0, 0.1) is 11.8 Å². The summed E-state index contributed by atoms with van der Waals surface area (Å²) in [6, 6.07) is 0. The van der Waals surface area contributed by atoms with Crippen LogP contribution in [0.2, 0.25) is 0 Å². The average molecular weight is 212 g/mol. The molecular weight excluding hydrogens is 196 g/mol. The van der Waals surface area contributed by atoms with Gasteiger partial charge in [0.1, 0.15) is 0 Å². The zero-order valence-corrected chi connectivity index (χ0v) is 8.61. The molecule has 2 aliphatic rings. The first kappa shape index (κ1) is 10.4. The maximum atomic E-state index is 11.9. The van der Waals surface area contributed by atoms with Crippen LogP contribution in [0.1, 0.15) is 12.8 Å². The third-order valence-electron chi connectivity index (χ3n) is 3.08. The van der Waals surface area contributed by atoms with Gasteiger partial charge in [-0.1, -0.05) is 0 Å². The smallest absolute Gasteiger partial charge is 0.307 e. The topological polar surface area (TPSA) is 69.6 Å².